The van der Waals surface area contributed by atoms with Crippen molar-refractivity contribution in [2.24, 2.45) is 0 Å². The van der Waals surface area contributed by atoms with Crippen molar-refractivity contribution in [1.29, 1.82) is 0 Å². The largest absolute Gasteiger partial charge is 0.573 e. The third-order valence-corrected chi connectivity index (χ3v) is 7.78. The second-order valence-corrected chi connectivity index (χ2v) is 11.1. The van der Waals surface area contributed by atoms with Gasteiger partial charge in [-0.2, -0.15) is 0 Å². The van der Waals surface area contributed by atoms with E-state index in [9.17, 15) is 23.3 Å². The number of benzene rings is 3. The number of imidazole rings is 1. The Kier molecular flexibility index (Phi) is 9.15. The van der Waals surface area contributed by atoms with Crippen molar-refractivity contribution < 1.29 is 37.0 Å². The molecule has 4 aromatic rings. The van der Waals surface area contributed by atoms with Crippen LogP contribution in [0.1, 0.15) is 17.5 Å². The van der Waals surface area contributed by atoms with Crippen molar-refractivity contribution in [2.45, 2.75) is 38.6 Å². The highest BCUT2D eigenvalue weighted by molar-refractivity contribution is 5.49. The summed E-state index contributed by atoms with van der Waals surface area (Å²) in [5.41, 5.74) is 3.02. The van der Waals surface area contributed by atoms with E-state index < -0.39 is 11.3 Å². The third-order valence-electron chi connectivity index (χ3n) is 7.78. The van der Waals surface area contributed by atoms with Crippen LogP contribution >= 0.6 is 0 Å². The zero-order chi connectivity index (χ0) is 32.1. The van der Waals surface area contributed by atoms with Gasteiger partial charge in [0.05, 0.1) is 0 Å². The van der Waals surface area contributed by atoms with Gasteiger partial charge in [-0.15, -0.1) is 13.2 Å². The van der Waals surface area contributed by atoms with Crippen molar-refractivity contribution in [3.05, 3.63) is 100 Å². The first-order valence-electron chi connectivity index (χ1n) is 14.8. The molecular formula is C32H32F3N5O6. The Bertz CT molecular complexity index is 1610. The number of aromatic nitrogens is 2. The number of alkyl halides is 3. The van der Waals surface area contributed by atoms with Gasteiger partial charge in [0.15, 0.2) is 0 Å². The molecule has 3 aromatic carbocycles. The topological polar surface area (TPSA) is 104 Å². The standard InChI is InChI=1S/C32H32F3N5O6/c33-32(34,35)46-28-9-3-24(4-10-28)21-43-27-11-5-25(6-12-27)38-17-15-37(16-18-38)19-23-1-7-26(8-2-23)44-22-29-13-14-39-20-30(40(41)42)36-31(39)45-29/h1-12,20,29H,13-19,21-22H2/t29-/m1/s1. The van der Waals surface area contributed by atoms with Gasteiger partial charge >= 0.3 is 18.2 Å². The molecule has 0 bridgehead atoms. The summed E-state index contributed by atoms with van der Waals surface area (Å²) in [4.78, 5) is 19.1. The molecule has 6 rings (SSSR count). The molecular weight excluding hydrogens is 607 g/mol. The third kappa shape index (κ3) is 8.18. The highest BCUT2D eigenvalue weighted by atomic mass is 19.4. The number of hydrogen-bond donors (Lipinski definition) is 0. The van der Waals surface area contributed by atoms with Crippen molar-refractivity contribution >= 4 is 11.5 Å². The number of rotatable bonds is 11. The van der Waals surface area contributed by atoms with Crippen LogP contribution in [0.15, 0.2) is 79.0 Å². The fourth-order valence-corrected chi connectivity index (χ4v) is 5.35. The number of nitrogens with zero attached hydrogens (tertiary/aromatic N) is 5. The van der Waals surface area contributed by atoms with Gasteiger partial charge in [0.2, 0.25) is 0 Å². The average molecular weight is 640 g/mol. The number of ether oxygens (including phenoxy) is 4. The lowest BCUT2D eigenvalue weighted by atomic mass is 10.1. The summed E-state index contributed by atoms with van der Waals surface area (Å²) in [6, 6.07) is 21.7. The molecule has 3 heterocycles. The summed E-state index contributed by atoms with van der Waals surface area (Å²) in [7, 11) is 0. The Morgan fingerprint density at radius 1 is 0.848 bits per heavy atom. The van der Waals surface area contributed by atoms with Crippen molar-refractivity contribution in [2.75, 3.05) is 37.7 Å². The Morgan fingerprint density at radius 3 is 2.15 bits per heavy atom. The van der Waals surface area contributed by atoms with E-state index >= 15 is 0 Å². The van der Waals surface area contributed by atoms with E-state index in [-0.39, 0.29) is 30.3 Å². The maximum Gasteiger partial charge on any atom is 0.573 e. The highest BCUT2D eigenvalue weighted by Gasteiger charge is 2.31. The molecule has 0 spiro atoms. The Labute approximate surface area is 262 Å². The summed E-state index contributed by atoms with van der Waals surface area (Å²) < 4.78 is 60.1. The van der Waals surface area contributed by atoms with Crippen LogP contribution in [-0.4, -0.2) is 64.6 Å². The second kappa shape index (κ2) is 13.6. The predicted molar refractivity (Wildman–Crippen MR) is 161 cm³/mol. The normalized spacial score (nSPS) is 16.8. The second-order valence-electron chi connectivity index (χ2n) is 11.1. The van der Waals surface area contributed by atoms with Crippen LogP contribution in [0.25, 0.3) is 0 Å². The van der Waals surface area contributed by atoms with E-state index in [1.165, 1.54) is 23.9 Å². The van der Waals surface area contributed by atoms with E-state index in [0.717, 1.165) is 49.7 Å². The molecule has 46 heavy (non-hydrogen) atoms. The summed E-state index contributed by atoms with van der Waals surface area (Å²) in [5.74, 6) is 0.925. The van der Waals surface area contributed by atoms with Crippen LogP contribution in [0, 0.1) is 10.1 Å². The highest BCUT2D eigenvalue weighted by Crippen LogP contribution is 2.26. The van der Waals surface area contributed by atoms with Crippen LogP contribution in [0.4, 0.5) is 24.7 Å². The number of halogens is 3. The Morgan fingerprint density at radius 2 is 1.48 bits per heavy atom. The number of anilines is 1. The molecule has 0 amide bonds. The zero-order valence-corrected chi connectivity index (χ0v) is 24.8. The lowest BCUT2D eigenvalue weighted by Gasteiger charge is -2.36. The van der Waals surface area contributed by atoms with Crippen molar-refractivity contribution in [1.82, 2.24) is 14.5 Å². The van der Waals surface area contributed by atoms with E-state index in [1.807, 2.05) is 36.4 Å². The molecule has 2 aliphatic heterocycles. The number of nitro groups is 1. The molecule has 2 aliphatic rings. The van der Waals surface area contributed by atoms with E-state index in [2.05, 4.69) is 31.7 Å². The molecule has 14 heteroatoms. The maximum atomic E-state index is 12.3. The maximum absolute atomic E-state index is 12.3. The smallest absolute Gasteiger partial charge is 0.490 e. The molecule has 0 unspecified atom stereocenters. The number of hydrogen-bond acceptors (Lipinski definition) is 9. The lowest BCUT2D eigenvalue weighted by molar-refractivity contribution is -0.389. The summed E-state index contributed by atoms with van der Waals surface area (Å²) >= 11 is 0. The van der Waals surface area contributed by atoms with Gasteiger partial charge in [-0.1, -0.05) is 24.3 Å². The first-order chi connectivity index (χ1) is 22.2. The van der Waals surface area contributed by atoms with E-state index in [0.29, 0.717) is 25.3 Å². The minimum Gasteiger partial charge on any atom is -0.490 e. The molecule has 1 fully saturated rings. The van der Waals surface area contributed by atoms with Gasteiger partial charge in [0.1, 0.15) is 42.8 Å². The van der Waals surface area contributed by atoms with Crippen LogP contribution in [-0.2, 0) is 19.7 Å². The van der Waals surface area contributed by atoms with Gasteiger partial charge in [0, 0.05) is 56.4 Å². The zero-order valence-electron chi connectivity index (χ0n) is 24.8. The molecule has 0 N–H and O–H groups in total. The van der Waals surface area contributed by atoms with Gasteiger partial charge in [-0.3, -0.25) is 9.47 Å². The van der Waals surface area contributed by atoms with Crippen LogP contribution in [0.2, 0.25) is 0 Å². The van der Waals surface area contributed by atoms with E-state index in [1.54, 1.807) is 16.7 Å². The fourth-order valence-electron chi connectivity index (χ4n) is 5.35. The molecule has 1 aromatic heterocycles. The van der Waals surface area contributed by atoms with Gasteiger partial charge < -0.3 is 34.0 Å². The summed E-state index contributed by atoms with van der Waals surface area (Å²) in [5, 5.41) is 11.0. The number of fused-ring (bicyclic) bond motifs is 1. The summed E-state index contributed by atoms with van der Waals surface area (Å²) in [6.07, 6.45) is -2.89. The molecule has 0 aliphatic carbocycles. The van der Waals surface area contributed by atoms with Crippen molar-refractivity contribution in [3.8, 4) is 23.3 Å². The predicted octanol–water partition coefficient (Wildman–Crippen LogP) is 5.82. The molecule has 1 saturated heterocycles. The quantitative estimate of drug-likeness (QED) is 0.148. The van der Waals surface area contributed by atoms with Crippen LogP contribution in [0.3, 0.4) is 0 Å². The summed E-state index contributed by atoms with van der Waals surface area (Å²) in [6.45, 7) is 5.57. The van der Waals surface area contributed by atoms with Gasteiger partial charge in [-0.25, -0.2) is 0 Å². The number of aryl methyl sites for hydroxylation is 1. The molecule has 242 valence electrons. The Hall–Kier alpha value is -4.98. The minimum atomic E-state index is -4.71. The fraction of sp³-hybridized carbons (Fsp3) is 0.344. The van der Waals surface area contributed by atoms with Crippen molar-refractivity contribution in [3.63, 3.8) is 0 Å². The van der Waals surface area contributed by atoms with Crippen LogP contribution in [0.5, 0.6) is 23.3 Å². The Balaban J connectivity index is 0.906. The molecule has 1 atom stereocenters. The minimum absolute atomic E-state index is 0.221. The molecule has 0 radical (unpaired) electrons. The number of piperazine rings is 1. The van der Waals surface area contributed by atoms with E-state index in [4.69, 9.17) is 14.2 Å². The van der Waals surface area contributed by atoms with Gasteiger partial charge in [-0.05, 0) is 64.6 Å². The van der Waals surface area contributed by atoms with Crippen LogP contribution < -0.4 is 23.8 Å². The van der Waals surface area contributed by atoms with Gasteiger partial charge in [0.25, 0.3) is 0 Å². The SMILES string of the molecule is O=[N+]([O-])c1cn2c(n1)O[C@@H](COc1ccc(CN3CCN(c4ccc(OCc5ccc(OC(F)(F)F)cc5)cc4)CC3)cc1)CC2. The first kappa shape index (κ1) is 31.0. The lowest BCUT2D eigenvalue weighted by Crippen LogP contribution is -2.45. The monoisotopic (exact) mass is 639 g/mol. The average Bonchev–Trinajstić information content (AvgIpc) is 3.48. The first-order valence-corrected chi connectivity index (χ1v) is 14.8. The molecule has 11 nitrogen and oxygen atoms in total. The molecule has 0 saturated carbocycles.